The first kappa shape index (κ1) is 10.9. The molecule has 0 spiro atoms. The smallest absolute Gasteiger partial charge is 0.222 e. The second kappa shape index (κ2) is 4.97. The minimum absolute atomic E-state index is 0.368. The van der Waals surface area contributed by atoms with Crippen molar-refractivity contribution in [2.45, 2.75) is 45.1 Å². The van der Waals surface area contributed by atoms with E-state index in [9.17, 15) is 4.79 Å². The van der Waals surface area contributed by atoms with Gasteiger partial charge < -0.3 is 9.64 Å². The third-order valence-electron chi connectivity index (χ3n) is 3.52. The lowest BCUT2D eigenvalue weighted by Gasteiger charge is -2.35. The van der Waals surface area contributed by atoms with Gasteiger partial charge in [0, 0.05) is 26.1 Å². The second-order valence-corrected chi connectivity index (χ2v) is 4.71. The van der Waals surface area contributed by atoms with Gasteiger partial charge in [0.2, 0.25) is 5.91 Å². The van der Waals surface area contributed by atoms with Gasteiger partial charge in [-0.2, -0.15) is 0 Å². The molecule has 0 atom stereocenters. The average molecular weight is 211 g/mol. The number of carbonyl (C=O) groups is 1. The molecule has 2 fully saturated rings. The van der Waals surface area contributed by atoms with Gasteiger partial charge >= 0.3 is 0 Å². The lowest BCUT2D eigenvalue weighted by Crippen LogP contribution is -2.36. The van der Waals surface area contributed by atoms with Gasteiger partial charge in [-0.25, -0.2) is 0 Å². The van der Waals surface area contributed by atoms with Crippen molar-refractivity contribution in [1.82, 2.24) is 4.90 Å². The Morgan fingerprint density at radius 2 is 2.00 bits per heavy atom. The monoisotopic (exact) mass is 211 g/mol. The van der Waals surface area contributed by atoms with Crippen molar-refractivity contribution >= 4 is 5.91 Å². The highest BCUT2D eigenvalue weighted by Gasteiger charge is 2.32. The molecule has 1 heterocycles. The first-order valence-electron chi connectivity index (χ1n) is 6.19. The first-order valence-corrected chi connectivity index (χ1v) is 6.19. The summed E-state index contributed by atoms with van der Waals surface area (Å²) in [6.07, 6.45) is 5.76. The van der Waals surface area contributed by atoms with Gasteiger partial charge in [-0.05, 0) is 38.5 Å². The third kappa shape index (κ3) is 2.71. The van der Waals surface area contributed by atoms with Crippen molar-refractivity contribution in [3.8, 4) is 0 Å². The Morgan fingerprint density at radius 3 is 2.60 bits per heavy atom. The van der Waals surface area contributed by atoms with Crippen LogP contribution in [0.1, 0.15) is 39.0 Å². The van der Waals surface area contributed by atoms with E-state index in [2.05, 4.69) is 0 Å². The lowest BCUT2D eigenvalue weighted by molar-refractivity contribution is -0.133. The summed E-state index contributed by atoms with van der Waals surface area (Å²) in [5.74, 6) is 0.960. The molecule has 3 heteroatoms. The number of rotatable bonds is 4. The maximum atomic E-state index is 11.8. The molecule has 2 aliphatic rings. The summed E-state index contributed by atoms with van der Waals surface area (Å²) in [5.41, 5.74) is 0. The molecule has 2 rings (SSSR count). The molecule has 0 bridgehead atoms. The van der Waals surface area contributed by atoms with E-state index in [1.165, 1.54) is 12.8 Å². The van der Waals surface area contributed by atoms with Crippen LogP contribution in [-0.2, 0) is 9.53 Å². The zero-order valence-electron chi connectivity index (χ0n) is 9.58. The van der Waals surface area contributed by atoms with Crippen molar-refractivity contribution in [3.05, 3.63) is 0 Å². The fraction of sp³-hybridized carbons (Fsp3) is 0.917. The van der Waals surface area contributed by atoms with E-state index in [0.29, 0.717) is 17.9 Å². The predicted molar refractivity (Wildman–Crippen MR) is 58.6 cm³/mol. The van der Waals surface area contributed by atoms with Gasteiger partial charge in [0.1, 0.15) is 0 Å². The van der Waals surface area contributed by atoms with Crippen LogP contribution in [0.2, 0.25) is 0 Å². The fourth-order valence-electron chi connectivity index (χ4n) is 2.56. The molecule has 1 saturated heterocycles. The van der Waals surface area contributed by atoms with Gasteiger partial charge in [0.25, 0.3) is 0 Å². The van der Waals surface area contributed by atoms with Crippen molar-refractivity contribution < 1.29 is 9.53 Å². The molecule has 86 valence electrons. The summed E-state index contributed by atoms with van der Waals surface area (Å²) >= 11 is 0. The molecule has 0 unspecified atom stereocenters. The van der Waals surface area contributed by atoms with Crippen LogP contribution in [0.3, 0.4) is 0 Å². The summed E-state index contributed by atoms with van der Waals surface area (Å²) in [7, 11) is 0. The van der Waals surface area contributed by atoms with E-state index in [1.54, 1.807) is 0 Å². The summed E-state index contributed by atoms with van der Waals surface area (Å²) in [4.78, 5) is 13.8. The number of amides is 1. The molecule has 1 aliphatic carbocycles. The number of nitrogens with zero attached hydrogens (tertiary/aromatic N) is 1. The van der Waals surface area contributed by atoms with Gasteiger partial charge in [-0.15, -0.1) is 0 Å². The Bertz CT molecular complexity index is 218. The third-order valence-corrected chi connectivity index (χ3v) is 3.52. The quantitative estimate of drug-likeness (QED) is 0.710. The van der Waals surface area contributed by atoms with Crippen LogP contribution in [-0.4, -0.2) is 36.6 Å². The largest absolute Gasteiger partial charge is 0.378 e. The van der Waals surface area contributed by atoms with Crippen LogP contribution < -0.4 is 0 Å². The Labute approximate surface area is 91.8 Å². The van der Waals surface area contributed by atoms with Crippen LogP contribution in [0.25, 0.3) is 0 Å². The molecule has 1 amide bonds. The number of carbonyl (C=O) groups excluding carboxylic acids is 1. The molecule has 0 aromatic heterocycles. The Morgan fingerprint density at radius 1 is 1.33 bits per heavy atom. The molecule has 0 aromatic carbocycles. The first-order chi connectivity index (χ1) is 7.29. The van der Waals surface area contributed by atoms with Crippen LogP contribution in [0.5, 0.6) is 0 Å². The standard InChI is InChI=1S/C12H21NO2/c1-2-15-11-7-10(8-11)9-12(14)13-5-3-4-6-13/h10-11H,2-9H2,1H3. The Kier molecular flexibility index (Phi) is 3.62. The van der Waals surface area contributed by atoms with Crippen molar-refractivity contribution in [2.75, 3.05) is 19.7 Å². The molecular formula is C12H21NO2. The number of likely N-dealkylation sites (tertiary alicyclic amines) is 1. The van der Waals surface area contributed by atoms with E-state index >= 15 is 0 Å². The van der Waals surface area contributed by atoms with Crippen LogP contribution in [0, 0.1) is 5.92 Å². The van der Waals surface area contributed by atoms with E-state index in [0.717, 1.165) is 39.0 Å². The summed E-state index contributed by atoms with van der Waals surface area (Å²) in [5, 5.41) is 0. The maximum absolute atomic E-state index is 11.8. The lowest BCUT2D eigenvalue weighted by atomic mass is 9.80. The summed E-state index contributed by atoms with van der Waals surface area (Å²) in [6, 6.07) is 0. The summed E-state index contributed by atoms with van der Waals surface area (Å²) in [6.45, 7) is 4.81. The minimum atomic E-state index is 0.368. The van der Waals surface area contributed by atoms with Crippen LogP contribution in [0.4, 0.5) is 0 Å². The molecule has 0 radical (unpaired) electrons. The van der Waals surface area contributed by atoms with Crippen LogP contribution >= 0.6 is 0 Å². The zero-order chi connectivity index (χ0) is 10.7. The van der Waals surface area contributed by atoms with E-state index in [-0.39, 0.29) is 0 Å². The molecular weight excluding hydrogens is 190 g/mol. The normalized spacial score (nSPS) is 30.3. The maximum Gasteiger partial charge on any atom is 0.222 e. The van der Waals surface area contributed by atoms with E-state index in [1.807, 2.05) is 11.8 Å². The van der Waals surface area contributed by atoms with E-state index in [4.69, 9.17) is 4.74 Å². The molecule has 0 N–H and O–H groups in total. The molecule has 3 nitrogen and oxygen atoms in total. The number of hydrogen-bond acceptors (Lipinski definition) is 2. The summed E-state index contributed by atoms with van der Waals surface area (Å²) < 4.78 is 5.49. The number of ether oxygens (including phenoxy) is 1. The highest BCUT2D eigenvalue weighted by atomic mass is 16.5. The van der Waals surface area contributed by atoms with Gasteiger partial charge in [-0.1, -0.05) is 0 Å². The van der Waals surface area contributed by atoms with Gasteiger partial charge in [-0.3, -0.25) is 4.79 Å². The Hall–Kier alpha value is -0.570. The Balaban J connectivity index is 1.64. The molecule has 15 heavy (non-hydrogen) atoms. The highest BCUT2D eigenvalue weighted by molar-refractivity contribution is 5.76. The molecule has 1 saturated carbocycles. The topological polar surface area (TPSA) is 29.5 Å². The number of hydrogen-bond donors (Lipinski definition) is 0. The SMILES string of the molecule is CCOC1CC(CC(=O)N2CCCC2)C1. The van der Waals surface area contributed by atoms with Crippen LogP contribution in [0.15, 0.2) is 0 Å². The van der Waals surface area contributed by atoms with Crippen molar-refractivity contribution in [1.29, 1.82) is 0 Å². The van der Waals surface area contributed by atoms with Gasteiger partial charge in [0.15, 0.2) is 0 Å². The van der Waals surface area contributed by atoms with Crippen molar-refractivity contribution in [3.63, 3.8) is 0 Å². The molecule has 1 aliphatic heterocycles. The fourth-order valence-corrected chi connectivity index (χ4v) is 2.56. The molecule has 0 aromatic rings. The minimum Gasteiger partial charge on any atom is -0.378 e. The second-order valence-electron chi connectivity index (χ2n) is 4.71. The average Bonchev–Trinajstić information content (AvgIpc) is 2.67. The van der Waals surface area contributed by atoms with Crippen molar-refractivity contribution in [2.24, 2.45) is 5.92 Å². The predicted octanol–water partition coefficient (Wildman–Crippen LogP) is 1.81. The highest BCUT2D eigenvalue weighted by Crippen LogP contribution is 2.33. The van der Waals surface area contributed by atoms with E-state index < -0.39 is 0 Å². The zero-order valence-corrected chi connectivity index (χ0v) is 9.58. The van der Waals surface area contributed by atoms with Gasteiger partial charge in [0.05, 0.1) is 6.10 Å².